The van der Waals surface area contributed by atoms with Gasteiger partial charge < -0.3 is 14.8 Å². The van der Waals surface area contributed by atoms with E-state index >= 15 is 0 Å². The van der Waals surface area contributed by atoms with E-state index < -0.39 is 11.0 Å². The minimum absolute atomic E-state index is 0.139. The van der Waals surface area contributed by atoms with Crippen molar-refractivity contribution >= 4 is 28.2 Å². The first-order valence-corrected chi connectivity index (χ1v) is 8.32. The fraction of sp³-hybridized carbons (Fsp3) is 0.357. The summed E-state index contributed by atoms with van der Waals surface area (Å²) in [5, 5.41) is 10.6. The lowest BCUT2D eigenvalue weighted by atomic mass is 10.2. The number of hydrogen-bond acceptors (Lipinski definition) is 4. The third kappa shape index (κ3) is 2.54. The maximum Gasteiger partial charge on any atom is 0.152 e. The van der Waals surface area contributed by atoms with Crippen LogP contribution in [0.1, 0.15) is 30.2 Å². The molecule has 6 nitrogen and oxygen atoms in total. The molecule has 1 aromatic carbocycles. The normalized spacial score (nSPS) is 23.8. The second-order valence-corrected chi connectivity index (χ2v) is 6.48. The summed E-state index contributed by atoms with van der Waals surface area (Å²) in [6, 6.07) is 7.89. The summed E-state index contributed by atoms with van der Waals surface area (Å²) in [5.41, 5.74) is 3.97. The molecule has 0 aliphatic carbocycles. The number of aromatic nitrogens is 2. The largest absolute Gasteiger partial charge is 0.372 e. The lowest BCUT2D eigenvalue weighted by molar-refractivity contribution is 0.108. The Labute approximate surface area is 124 Å². The molecule has 2 unspecified atom stereocenters. The molecule has 21 heavy (non-hydrogen) atoms. The van der Waals surface area contributed by atoms with Crippen molar-refractivity contribution in [1.82, 2.24) is 10.2 Å². The minimum atomic E-state index is -0.988. The number of benzene rings is 1. The quantitative estimate of drug-likeness (QED) is 0.814. The maximum atomic E-state index is 11.5. The third-order valence-corrected chi connectivity index (χ3v) is 4.78. The van der Waals surface area contributed by atoms with Gasteiger partial charge in [-0.25, -0.2) is 4.21 Å². The molecule has 0 bridgehead atoms. The van der Waals surface area contributed by atoms with Crippen molar-refractivity contribution in [3.63, 3.8) is 0 Å². The van der Waals surface area contributed by atoms with E-state index in [-0.39, 0.29) is 6.10 Å². The standard InChI is InChI=1S/C14H16N4O2S/c19-21-8-9-6-10(3-4-11(9)18-21)15-14-7-12(16-17-14)13-2-1-5-20-13/h3-4,6-7,13,18H,1-2,5,8H2,(H2,15,16,17). The van der Waals surface area contributed by atoms with Crippen molar-refractivity contribution < 1.29 is 8.95 Å². The number of nitrogens with one attached hydrogen (secondary N) is 3. The van der Waals surface area contributed by atoms with E-state index in [9.17, 15) is 4.21 Å². The summed E-state index contributed by atoms with van der Waals surface area (Å²) in [6.45, 7) is 0.821. The van der Waals surface area contributed by atoms with Crippen LogP contribution in [0.3, 0.4) is 0 Å². The van der Waals surface area contributed by atoms with Crippen molar-refractivity contribution in [3.05, 3.63) is 35.5 Å². The third-order valence-electron chi connectivity index (χ3n) is 3.76. The fourth-order valence-electron chi connectivity index (χ4n) is 2.73. The lowest BCUT2D eigenvalue weighted by Crippen LogP contribution is -1.95. The van der Waals surface area contributed by atoms with Crippen LogP contribution in [0.2, 0.25) is 0 Å². The highest BCUT2D eigenvalue weighted by Gasteiger charge is 2.20. The Balaban J connectivity index is 1.51. The molecule has 0 saturated carbocycles. The summed E-state index contributed by atoms with van der Waals surface area (Å²) < 4.78 is 20.0. The van der Waals surface area contributed by atoms with Gasteiger partial charge >= 0.3 is 0 Å². The zero-order chi connectivity index (χ0) is 14.2. The zero-order valence-corrected chi connectivity index (χ0v) is 12.2. The molecule has 0 spiro atoms. The molecule has 4 rings (SSSR count). The number of H-pyrrole nitrogens is 1. The van der Waals surface area contributed by atoms with Gasteiger partial charge in [0.05, 0.1) is 23.2 Å². The average Bonchev–Trinajstić information content (AvgIpc) is 3.16. The molecule has 2 aromatic rings. The Morgan fingerprint density at radius 1 is 1.38 bits per heavy atom. The van der Waals surface area contributed by atoms with Gasteiger partial charge in [0, 0.05) is 18.4 Å². The van der Waals surface area contributed by atoms with Crippen LogP contribution in [0.5, 0.6) is 0 Å². The van der Waals surface area contributed by atoms with Gasteiger partial charge in [0.2, 0.25) is 0 Å². The second-order valence-electron chi connectivity index (χ2n) is 5.30. The van der Waals surface area contributed by atoms with E-state index in [1.54, 1.807) is 0 Å². The Hall–Kier alpha value is -1.86. The van der Waals surface area contributed by atoms with E-state index in [0.717, 1.165) is 47.9 Å². The molecular formula is C14H16N4O2S. The van der Waals surface area contributed by atoms with Gasteiger partial charge in [-0.3, -0.25) is 5.10 Å². The van der Waals surface area contributed by atoms with Gasteiger partial charge in [-0.05, 0) is 36.6 Å². The van der Waals surface area contributed by atoms with Crippen LogP contribution in [0, 0.1) is 0 Å². The molecule has 3 N–H and O–H groups in total. The molecule has 0 radical (unpaired) electrons. The Morgan fingerprint density at radius 2 is 2.33 bits per heavy atom. The average molecular weight is 304 g/mol. The summed E-state index contributed by atoms with van der Waals surface area (Å²) in [6.07, 6.45) is 2.28. The molecule has 2 aliphatic heterocycles. The summed E-state index contributed by atoms with van der Waals surface area (Å²) >= 11 is 0. The predicted molar refractivity (Wildman–Crippen MR) is 81.7 cm³/mol. The fourth-order valence-corrected chi connectivity index (χ4v) is 3.76. The Morgan fingerprint density at radius 3 is 3.19 bits per heavy atom. The number of fused-ring (bicyclic) bond motifs is 1. The maximum absolute atomic E-state index is 11.5. The lowest BCUT2D eigenvalue weighted by Gasteiger charge is -2.05. The summed E-state index contributed by atoms with van der Waals surface area (Å²) in [5.74, 6) is 1.32. The van der Waals surface area contributed by atoms with Gasteiger partial charge in [0.25, 0.3) is 0 Å². The number of hydrogen-bond donors (Lipinski definition) is 3. The van der Waals surface area contributed by atoms with Gasteiger partial charge in [0.1, 0.15) is 11.0 Å². The zero-order valence-electron chi connectivity index (χ0n) is 11.4. The molecule has 1 aromatic heterocycles. The van der Waals surface area contributed by atoms with E-state index in [1.807, 2.05) is 24.3 Å². The summed E-state index contributed by atoms with van der Waals surface area (Å²) in [7, 11) is -0.988. The van der Waals surface area contributed by atoms with E-state index in [2.05, 4.69) is 20.2 Å². The number of rotatable bonds is 3. The van der Waals surface area contributed by atoms with E-state index in [0.29, 0.717) is 5.75 Å². The Bertz CT molecular complexity index is 694. The van der Waals surface area contributed by atoms with Crippen molar-refractivity contribution in [3.8, 4) is 0 Å². The first-order valence-electron chi connectivity index (χ1n) is 7.00. The minimum Gasteiger partial charge on any atom is -0.372 e. The summed E-state index contributed by atoms with van der Waals surface area (Å²) in [4.78, 5) is 0. The van der Waals surface area contributed by atoms with Crippen molar-refractivity contribution in [2.24, 2.45) is 0 Å². The van der Waals surface area contributed by atoms with Gasteiger partial charge in [-0.2, -0.15) is 5.10 Å². The van der Waals surface area contributed by atoms with Crippen molar-refractivity contribution in [2.45, 2.75) is 24.7 Å². The van der Waals surface area contributed by atoms with Crippen LogP contribution < -0.4 is 10.0 Å². The predicted octanol–water partition coefficient (Wildman–Crippen LogP) is 2.59. The van der Waals surface area contributed by atoms with E-state index in [1.165, 1.54) is 0 Å². The number of anilines is 3. The number of nitrogens with zero attached hydrogens (tertiary/aromatic N) is 1. The van der Waals surface area contributed by atoms with Crippen LogP contribution in [0.4, 0.5) is 17.2 Å². The van der Waals surface area contributed by atoms with Gasteiger partial charge in [-0.1, -0.05) is 0 Å². The highest BCUT2D eigenvalue weighted by Crippen LogP contribution is 2.31. The molecule has 1 saturated heterocycles. The topological polar surface area (TPSA) is 79.0 Å². The van der Waals surface area contributed by atoms with Gasteiger partial charge in [-0.15, -0.1) is 0 Å². The molecular weight excluding hydrogens is 288 g/mol. The number of ether oxygens (including phenoxy) is 1. The molecule has 7 heteroatoms. The van der Waals surface area contributed by atoms with Gasteiger partial charge in [0.15, 0.2) is 5.82 Å². The monoisotopic (exact) mass is 304 g/mol. The SMILES string of the molecule is O=S1Cc2cc(Nc3cc(C4CCCO4)[nH]n3)ccc2N1. The molecule has 0 amide bonds. The molecule has 3 heterocycles. The smallest absolute Gasteiger partial charge is 0.152 e. The van der Waals surface area contributed by atoms with Crippen LogP contribution in [0.25, 0.3) is 0 Å². The molecule has 2 atom stereocenters. The molecule has 110 valence electrons. The van der Waals surface area contributed by atoms with Crippen LogP contribution in [0.15, 0.2) is 24.3 Å². The number of aromatic amines is 1. The molecule has 2 aliphatic rings. The first-order chi connectivity index (χ1) is 10.3. The first kappa shape index (κ1) is 12.8. The van der Waals surface area contributed by atoms with Crippen LogP contribution >= 0.6 is 0 Å². The highest BCUT2D eigenvalue weighted by atomic mass is 32.2. The van der Waals surface area contributed by atoms with Crippen molar-refractivity contribution in [1.29, 1.82) is 0 Å². The van der Waals surface area contributed by atoms with Crippen molar-refractivity contribution in [2.75, 3.05) is 16.6 Å². The highest BCUT2D eigenvalue weighted by molar-refractivity contribution is 7.86. The second kappa shape index (κ2) is 5.16. The molecule has 1 fully saturated rings. The van der Waals surface area contributed by atoms with E-state index in [4.69, 9.17) is 4.74 Å². The van der Waals surface area contributed by atoms with Crippen LogP contribution in [-0.2, 0) is 21.5 Å². The Kier molecular flexibility index (Phi) is 3.16. The van der Waals surface area contributed by atoms with Crippen LogP contribution in [-0.4, -0.2) is 21.0 Å².